The lowest BCUT2D eigenvalue weighted by atomic mass is 10.1. The second-order valence-electron chi connectivity index (χ2n) is 4.40. The highest BCUT2D eigenvalue weighted by Gasteiger charge is 2.04. The predicted octanol–water partition coefficient (Wildman–Crippen LogP) is 2.80. The van der Waals surface area contributed by atoms with Crippen LogP contribution < -0.4 is 5.73 Å². The van der Waals surface area contributed by atoms with E-state index in [4.69, 9.17) is 5.73 Å². The van der Waals surface area contributed by atoms with Gasteiger partial charge < -0.3 is 5.73 Å². The minimum atomic E-state index is 0. The fourth-order valence-electron chi connectivity index (χ4n) is 2.04. The third-order valence-electron chi connectivity index (χ3n) is 2.83. The normalized spacial score (nSPS) is 10.2. The van der Waals surface area contributed by atoms with Crippen molar-refractivity contribution in [2.45, 2.75) is 26.7 Å². The highest BCUT2D eigenvalue weighted by Crippen LogP contribution is 2.14. The van der Waals surface area contributed by atoms with Crippen molar-refractivity contribution >= 4 is 12.4 Å². The molecule has 1 heterocycles. The third kappa shape index (κ3) is 3.34. The monoisotopic (exact) mass is 265 g/mol. The van der Waals surface area contributed by atoms with Gasteiger partial charge in [0.15, 0.2) is 0 Å². The van der Waals surface area contributed by atoms with Crippen molar-refractivity contribution in [3.8, 4) is 5.69 Å². The summed E-state index contributed by atoms with van der Waals surface area (Å²) in [5.41, 5.74) is 10.2. The Morgan fingerprint density at radius 3 is 2.61 bits per heavy atom. The number of aryl methyl sites for hydroxylation is 3. The van der Waals surface area contributed by atoms with Crippen molar-refractivity contribution in [1.82, 2.24) is 9.78 Å². The molecule has 0 radical (unpaired) electrons. The smallest absolute Gasteiger partial charge is 0.0651 e. The fraction of sp³-hybridized carbons (Fsp3) is 0.357. The molecule has 2 rings (SSSR count). The van der Waals surface area contributed by atoms with E-state index in [1.54, 1.807) is 0 Å². The van der Waals surface area contributed by atoms with Gasteiger partial charge in [0.1, 0.15) is 0 Å². The van der Waals surface area contributed by atoms with Gasteiger partial charge in [-0.25, -0.2) is 4.68 Å². The summed E-state index contributed by atoms with van der Waals surface area (Å²) in [6.07, 6.45) is 2.06. The zero-order valence-corrected chi connectivity index (χ0v) is 11.7. The van der Waals surface area contributed by atoms with Crippen LogP contribution in [0.25, 0.3) is 5.69 Å². The van der Waals surface area contributed by atoms with E-state index in [-0.39, 0.29) is 12.4 Å². The van der Waals surface area contributed by atoms with Gasteiger partial charge in [0.05, 0.1) is 11.4 Å². The molecule has 0 aliphatic heterocycles. The summed E-state index contributed by atoms with van der Waals surface area (Å²) in [5, 5.41) is 4.49. The van der Waals surface area contributed by atoms with Gasteiger partial charge in [0, 0.05) is 5.69 Å². The maximum atomic E-state index is 5.54. The fourth-order valence-corrected chi connectivity index (χ4v) is 2.04. The Hall–Kier alpha value is -1.32. The van der Waals surface area contributed by atoms with Gasteiger partial charge in [-0.2, -0.15) is 5.10 Å². The van der Waals surface area contributed by atoms with Crippen molar-refractivity contribution in [2.24, 2.45) is 5.73 Å². The van der Waals surface area contributed by atoms with Gasteiger partial charge in [-0.1, -0.05) is 12.1 Å². The Labute approximate surface area is 114 Å². The number of benzene rings is 1. The molecule has 0 saturated carbocycles. The Morgan fingerprint density at radius 1 is 1.22 bits per heavy atom. The van der Waals surface area contributed by atoms with Crippen molar-refractivity contribution in [1.29, 1.82) is 0 Å². The van der Waals surface area contributed by atoms with Gasteiger partial charge in [-0.3, -0.25) is 0 Å². The lowest BCUT2D eigenvalue weighted by molar-refractivity contribution is 0.814. The van der Waals surface area contributed by atoms with E-state index in [0.717, 1.165) is 30.8 Å². The second kappa shape index (κ2) is 6.57. The maximum Gasteiger partial charge on any atom is 0.0651 e. The van der Waals surface area contributed by atoms with E-state index in [0.29, 0.717) is 0 Å². The standard InChI is InChI=1S/C14H19N3.ClH/c1-11-9-12(2)17(16-11)14-7-3-5-13(10-14)6-4-8-15;/h3,5,7,9-10H,4,6,8,15H2,1-2H3;1H. The molecule has 2 aromatic rings. The molecule has 4 heteroatoms. The number of aromatic nitrogens is 2. The Balaban J connectivity index is 0.00000162. The van der Waals surface area contributed by atoms with Gasteiger partial charge in [0.2, 0.25) is 0 Å². The van der Waals surface area contributed by atoms with Crippen LogP contribution >= 0.6 is 12.4 Å². The highest BCUT2D eigenvalue weighted by atomic mass is 35.5. The molecule has 2 N–H and O–H groups in total. The zero-order valence-electron chi connectivity index (χ0n) is 10.9. The van der Waals surface area contributed by atoms with E-state index in [2.05, 4.69) is 42.4 Å². The predicted molar refractivity (Wildman–Crippen MR) is 77.7 cm³/mol. The molecule has 3 nitrogen and oxygen atoms in total. The first-order valence-corrected chi connectivity index (χ1v) is 6.03. The molecule has 18 heavy (non-hydrogen) atoms. The van der Waals surface area contributed by atoms with Crippen molar-refractivity contribution in [3.63, 3.8) is 0 Å². The molecule has 0 aliphatic rings. The van der Waals surface area contributed by atoms with Crippen LogP contribution in [-0.2, 0) is 6.42 Å². The number of rotatable bonds is 4. The molecular formula is C14H20ClN3. The Morgan fingerprint density at radius 2 is 2.00 bits per heavy atom. The summed E-state index contributed by atoms with van der Waals surface area (Å²) in [6.45, 7) is 4.83. The summed E-state index contributed by atoms with van der Waals surface area (Å²) < 4.78 is 1.99. The van der Waals surface area contributed by atoms with E-state index in [9.17, 15) is 0 Å². The molecule has 0 saturated heterocycles. The summed E-state index contributed by atoms with van der Waals surface area (Å²) in [6, 6.07) is 10.6. The Kier molecular flexibility index (Phi) is 5.38. The minimum absolute atomic E-state index is 0. The molecule has 0 atom stereocenters. The number of nitrogens with zero attached hydrogens (tertiary/aromatic N) is 2. The minimum Gasteiger partial charge on any atom is -0.330 e. The van der Waals surface area contributed by atoms with Crippen molar-refractivity contribution in [3.05, 3.63) is 47.3 Å². The zero-order chi connectivity index (χ0) is 12.3. The number of hydrogen-bond acceptors (Lipinski definition) is 2. The summed E-state index contributed by atoms with van der Waals surface area (Å²) in [5.74, 6) is 0. The molecule has 98 valence electrons. The lowest BCUT2D eigenvalue weighted by Crippen LogP contribution is -2.02. The lowest BCUT2D eigenvalue weighted by Gasteiger charge is -2.07. The topological polar surface area (TPSA) is 43.8 Å². The van der Waals surface area contributed by atoms with Gasteiger partial charge in [-0.05, 0) is 57.0 Å². The first-order valence-electron chi connectivity index (χ1n) is 6.03. The quantitative estimate of drug-likeness (QED) is 0.924. The van der Waals surface area contributed by atoms with Crippen LogP contribution in [-0.4, -0.2) is 16.3 Å². The first-order chi connectivity index (χ1) is 8.20. The van der Waals surface area contributed by atoms with E-state index in [1.807, 2.05) is 11.6 Å². The third-order valence-corrected chi connectivity index (χ3v) is 2.83. The van der Waals surface area contributed by atoms with Crippen molar-refractivity contribution in [2.75, 3.05) is 6.54 Å². The molecule has 0 spiro atoms. The molecule has 1 aromatic carbocycles. The van der Waals surface area contributed by atoms with Crippen LogP contribution in [0, 0.1) is 13.8 Å². The summed E-state index contributed by atoms with van der Waals surface area (Å²) >= 11 is 0. The van der Waals surface area contributed by atoms with Crippen LogP contribution in [0.1, 0.15) is 23.4 Å². The second-order valence-corrected chi connectivity index (χ2v) is 4.40. The summed E-state index contributed by atoms with van der Waals surface area (Å²) in [4.78, 5) is 0. The number of nitrogens with two attached hydrogens (primary N) is 1. The molecular weight excluding hydrogens is 246 g/mol. The molecule has 0 fully saturated rings. The average Bonchev–Trinajstić information content (AvgIpc) is 2.66. The summed E-state index contributed by atoms with van der Waals surface area (Å²) in [7, 11) is 0. The highest BCUT2D eigenvalue weighted by molar-refractivity contribution is 5.85. The molecule has 0 aliphatic carbocycles. The van der Waals surface area contributed by atoms with E-state index >= 15 is 0 Å². The average molecular weight is 266 g/mol. The van der Waals surface area contributed by atoms with E-state index < -0.39 is 0 Å². The van der Waals surface area contributed by atoms with Crippen LogP contribution in [0.3, 0.4) is 0 Å². The van der Waals surface area contributed by atoms with Crippen LogP contribution in [0.2, 0.25) is 0 Å². The Bertz CT molecular complexity index is 505. The molecule has 1 aromatic heterocycles. The number of halogens is 1. The van der Waals surface area contributed by atoms with Crippen LogP contribution in [0.15, 0.2) is 30.3 Å². The molecule has 0 bridgehead atoms. The van der Waals surface area contributed by atoms with Crippen LogP contribution in [0.4, 0.5) is 0 Å². The van der Waals surface area contributed by atoms with Crippen LogP contribution in [0.5, 0.6) is 0 Å². The van der Waals surface area contributed by atoms with Gasteiger partial charge in [0.25, 0.3) is 0 Å². The largest absolute Gasteiger partial charge is 0.330 e. The van der Waals surface area contributed by atoms with Gasteiger partial charge in [-0.15, -0.1) is 12.4 Å². The number of hydrogen-bond donors (Lipinski definition) is 1. The van der Waals surface area contributed by atoms with Crippen molar-refractivity contribution < 1.29 is 0 Å². The first kappa shape index (κ1) is 14.7. The maximum absolute atomic E-state index is 5.54. The molecule has 0 amide bonds. The van der Waals surface area contributed by atoms with Gasteiger partial charge >= 0.3 is 0 Å². The van der Waals surface area contributed by atoms with E-state index in [1.165, 1.54) is 11.3 Å². The SMILES string of the molecule is Cc1cc(C)n(-c2cccc(CCCN)c2)n1.Cl. The molecule has 0 unspecified atom stereocenters.